The van der Waals surface area contributed by atoms with Gasteiger partial charge in [-0.15, -0.1) is 11.3 Å². The smallest absolute Gasteiger partial charge is 0.270 e. The zero-order valence-electron chi connectivity index (χ0n) is 8.18. The molecule has 0 bridgehead atoms. The van der Waals surface area contributed by atoms with Crippen LogP contribution in [0.5, 0.6) is 0 Å². The van der Waals surface area contributed by atoms with Gasteiger partial charge in [-0.3, -0.25) is 14.5 Å². The van der Waals surface area contributed by atoms with Gasteiger partial charge in [0.05, 0.1) is 4.88 Å². The van der Waals surface area contributed by atoms with Gasteiger partial charge in [-0.1, -0.05) is 6.07 Å². The van der Waals surface area contributed by atoms with Gasteiger partial charge in [0.2, 0.25) is 5.91 Å². The number of carbonyl (C=O) groups is 2. The minimum atomic E-state index is -0.193. The molecule has 15 heavy (non-hydrogen) atoms. The van der Waals surface area contributed by atoms with Gasteiger partial charge < -0.3 is 5.73 Å². The molecular weight excluding hydrogens is 212 g/mol. The van der Waals surface area contributed by atoms with Gasteiger partial charge in [0, 0.05) is 19.0 Å². The third-order valence-corrected chi connectivity index (χ3v) is 3.30. The molecule has 2 amide bonds. The number of imide groups is 1. The van der Waals surface area contributed by atoms with Gasteiger partial charge >= 0.3 is 0 Å². The van der Waals surface area contributed by atoms with E-state index in [2.05, 4.69) is 0 Å². The molecule has 0 saturated carbocycles. The standard InChI is InChI=1S/C10H12N2O2S/c11-7-3-4-12(9(13)6-7)10(14)8-2-1-5-15-8/h1-2,5,7H,3-4,6,11H2. The first-order valence-corrected chi connectivity index (χ1v) is 5.70. The molecule has 2 N–H and O–H groups in total. The Balaban J connectivity index is 2.11. The fourth-order valence-corrected chi connectivity index (χ4v) is 2.28. The number of thiophene rings is 1. The van der Waals surface area contributed by atoms with Crippen molar-refractivity contribution >= 4 is 23.2 Å². The van der Waals surface area contributed by atoms with Crippen LogP contribution >= 0.6 is 11.3 Å². The highest BCUT2D eigenvalue weighted by Gasteiger charge is 2.29. The number of rotatable bonds is 1. The van der Waals surface area contributed by atoms with Crippen LogP contribution in [0.15, 0.2) is 17.5 Å². The molecule has 1 aliphatic rings. The van der Waals surface area contributed by atoms with Gasteiger partial charge in [-0.25, -0.2) is 0 Å². The first-order chi connectivity index (χ1) is 7.18. The Morgan fingerprint density at radius 3 is 3.00 bits per heavy atom. The molecule has 2 rings (SSSR count). The molecule has 1 aliphatic heterocycles. The molecule has 5 heteroatoms. The second kappa shape index (κ2) is 4.12. The molecule has 4 nitrogen and oxygen atoms in total. The lowest BCUT2D eigenvalue weighted by Gasteiger charge is -2.27. The van der Waals surface area contributed by atoms with Crippen molar-refractivity contribution in [2.75, 3.05) is 6.54 Å². The molecule has 80 valence electrons. The van der Waals surface area contributed by atoms with E-state index in [0.717, 1.165) is 0 Å². The Labute approximate surface area is 91.7 Å². The maximum Gasteiger partial charge on any atom is 0.270 e. The van der Waals surface area contributed by atoms with Crippen LogP contribution in [0.2, 0.25) is 0 Å². The molecule has 0 aliphatic carbocycles. The van der Waals surface area contributed by atoms with Crippen molar-refractivity contribution in [3.05, 3.63) is 22.4 Å². The first-order valence-electron chi connectivity index (χ1n) is 4.82. The lowest BCUT2D eigenvalue weighted by Crippen LogP contribution is -2.46. The van der Waals surface area contributed by atoms with Crippen LogP contribution in [-0.4, -0.2) is 29.3 Å². The number of nitrogens with two attached hydrogens (primary N) is 1. The van der Waals surface area contributed by atoms with Gasteiger partial charge in [0.1, 0.15) is 0 Å². The Morgan fingerprint density at radius 2 is 2.40 bits per heavy atom. The number of carbonyl (C=O) groups excluding carboxylic acids is 2. The number of hydrogen-bond acceptors (Lipinski definition) is 4. The Morgan fingerprint density at radius 1 is 1.60 bits per heavy atom. The van der Waals surface area contributed by atoms with Crippen LogP contribution in [0, 0.1) is 0 Å². The highest BCUT2D eigenvalue weighted by Crippen LogP contribution is 2.17. The quantitative estimate of drug-likeness (QED) is 0.719. The van der Waals surface area contributed by atoms with E-state index < -0.39 is 0 Å². The minimum Gasteiger partial charge on any atom is -0.327 e. The second-order valence-electron chi connectivity index (χ2n) is 3.58. The predicted molar refractivity (Wildman–Crippen MR) is 57.6 cm³/mol. The van der Waals surface area contributed by atoms with Crippen LogP contribution in [0.1, 0.15) is 22.5 Å². The lowest BCUT2D eigenvalue weighted by atomic mass is 10.1. The summed E-state index contributed by atoms with van der Waals surface area (Å²) in [7, 11) is 0. The van der Waals surface area contributed by atoms with Gasteiger partial charge in [-0.05, 0) is 17.9 Å². The van der Waals surface area contributed by atoms with Crippen LogP contribution in [0.3, 0.4) is 0 Å². The fourth-order valence-electron chi connectivity index (χ4n) is 1.60. The summed E-state index contributed by atoms with van der Waals surface area (Å²) in [5, 5.41) is 1.83. The summed E-state index contributed by atoms with van der Waals surface area (Å²) in [6, 6.07) is 3.44. The van der Waals surface area contributed by atoms with Crippen molar-refractivity contribution in [1.82, 2.24) is 4.90 Å². The first kappa shape index (κ1) is 10.3. The highest BCUT2D eigenvalue weighted by atomic mass is 32.1. The van der Waals surface area contributed by atoms with Gasteiger partial charge in [-0.2, -0.15) is 0 Å². The maximum absolute atomic E-state index is 11.9. The Bertz CT molecular complexity index is 375. The average Bonchev–Trinajstić information content (AvgIpc) is 2.69. The maximum atomic E-state index is 11.9. The molecular formula is C10H12N2O2S. The summed E-state index contributed by atoms with van der Waals surface area (Å²) in [5.41, 5.74) is 5.65. The molecule has 0 spiro atoms. The number of piperidine rings is 1. The van der Waals surface area contributed by atoms with Crippen LogP contribution in [0.4, 0.5) is 0 Å². The van der Waals surface area contributed by atoms with Crippen molar-refractivity contribution < 1.29 is 9.59 Å². The van der Waals surface area contributed by atoms with Gasteiger partial charge in [0.25, 0.3) is 5.91 Å². The molecule has 1 atom stereocenters. The SMILES string of the molecule is NC1CCN(C(=O)c2cccs2)C(=O)C1. The monoisotopic (exact) mass is 224 g/mol. The third kappa shape index (κ3) is 2.08. The Hall–Kier alpha value is -1.20. The molecule has 1 aromatic heterocycles. The summed E-state index contributed by atoms with van der Waals surface area (Å²) in [4.78, 5) is 25.3. The normalized spacial score (nSPS) is 21.8. The van der Waals surface area contributed by atoms with Crippen LogP contribution < -0.4 is 5.73 Å². The second-order valence-corrected chi connectivity index (χ2v) is 4.53. The van der Waals surface area contributed by atoms with E-state index in [1.165, 1.54) is 16.2 Å². The molecule has 1 unspecified atom stereocenters. The van der Waals surface area contributed by atoms with Gasteiger partial charge in [0.15, 0.2) is 0 Å². The number of nitrogens with zero attached hydrogens (tertiary/aromatic N) is 1. The molecule has 1 saturated heterocycles. The van der Waals surface area contributed by atoms with Crippen molar-refractivity contribution in [3.63, 3.8) is 0 Å². The molecule has 1 fully saturated rings. The summed E-state index contributed by atoms with van der Waals surface area (Å²) < 4.78 is 0. The molecule has 0 radical (unpaired) electrons. The van der Waals surface area contributed by atoms with E-state index in [0.29, 0.717) is 17.8 Å². The largest absolute Gasteiger partial charge is 0.327 e. The predicted octanol–water partition coefficient (Wildman–Crippen LogP) is 0.838. The molecule has 2 heterocycles. The van der Waals surface area contributed by atoms with E-state index in [9.17, 15) is 9.59 Å². The molecule has 1 aromatic rings. The number of likely N-dealkylation sites (tertiary alicyclic amines) is 1. The number of amides is 2. The van der Waals surface area contributed by atoms with Crippen LogP contribution in [0.25, 0.3) is 0 Å². The van der Waals surface area contributed by atoms with Crippen LogP contribution in [-0.2, 0) is 4.79 Å². The highest BCUT2D eigenvalue weighted by molar-refractivity contribution is 7.12. The van der Waals surface area contributed by atoms with E-state index in [1.807, 2.05) is 5.38 Å². The topological polar surface area (TPSA) is 63.4 Å². The third-order valence-electron chi connectivity index (χ3n) is 2.44. The minimum absolute atomic E-state index is 0.0927. The zero-order valence-corrected chi connectivity index (χ0v) is 9.00. The number of hydrogen-bond donors (Lipinski definition) is 1. The van der Waals surface area contributed by atoms with Crippen molar-refractivity contribution in [2.45, 2.75) is 18.9 Å². The Kier molecular flexibility index (Phi) is 2.83. The van der Waals surface area contributed by atoms with E-state index in [4.69, 9.17) is 5.73 Å². The molecule has 0 aromatic carbocycles. The summed E-state index contributed by atoms with van der Waals surface area (Å²) in [6.07, 6.45) is 0.972. The summed E-state index contributed by atoms with van der Waals surface area (Å²) >= 11 is 1.35. The lowest BCUT2D eigenvalue weighted by molar-refractivity contribution is -0.130. The fraction of sp³-hybridized carbons (Fsp3) is 0.400. The van der Waals surface area contributed by atoms with E-state index >= 15 is 0 Å². The van der Waals surface area contributed by atoms with Crippen molar-refractivity contribution in [3.8, 4) is 0 Å². The summed E-state index contributed by atoms with van der Waals surface area (Å²) in [5.74, 6) is -0.353. The van der Waals surface area contributed by atoms with E-state index in [-0.39, 0.29) is 24.3 Å². The van der Waals surface area contributed by atoms with Crippen molar-refractivity contribution in [1.29, 1.82) is 0 Å². The zero-order chi connectivity index (χ0) is 10.8. The van der Waals surface area contributed by atoms with Crippen molar-refractivity contribution in [2.24, 2.45) is 5.73 Å². The summed E-state index contributed by atoms with van der Waals surface area (Å²) in [6.45, 7) is 0.441. The average molecular weight is 224 g/mol. The van der Waals surface area contributed by atoms with E-state index in [1.54, 1.807) is 12.1 Å².